The number of carbonyl (C=O) groups is 1. The molecule has 0 aliphatic heterocycles. The molecule has 0 aromatic heterocycles. The fourth-order valence-electron chi connectivity index (χ4n) is 3.99. The summed E-state index contributed by atoms with van der Waals surface area (Å²) in [6.07, 6.45) is 4.69. The summed E-state index contributed by atoms with van der Waals surface area (Å²) in [5.74, 6) is -0.881. The number of aliphatic hydroxyl groups excluding tert-OH is 1. The van der Waals surface area contributed by atoms with E-state index in [0.29, 0.717) is 37.3 Å². The molecule has 2 aromatic rings. The van der Waals surface area contributed by atoms with Gasteiger partial charge in [-0.05, 0) is 48.7 Å². The zero-order chi connectivity index (χ0) is 23.0. The van der Waals surface area contributed by atoms with Crippen LogP contribution < -0.4 is 5.32 Å². The maximum Gasteiger partial charge on any atom is 0.339 e. The van der Waals surface area contributed by atoms with Crippen LogP contribution in [0.15, 0.2) is 78.1 Å². The Hall–Kier alpha value is -2.96. The molecule has 3 rings (SSSR count). The zero-order valence-corrected chi connectivity index (χ0v) is 18.3. The van der Waals surface area contributed by atoms with Crippen LogP contribution in [-0.4, -0.2) is 35.9 Å². The Bertz CT molecular complexity index is 973. The minimum absolute atomic E-state index is 0.194. The first kappa shape index (κ1) is 23.7. The Balaban J connectivity index is 1.73. The molecule has 0 heterocycles. The minimum Gasteiger partial charge on any atom is -0.497 e. The molecule has 0 bridgehead atoms. The highest BCUT2D eigenvalue weighted by molar-refractivity contribution is 5.91. The molecule has 170 valence electrons. The quantitative estimate of drug-likeness (QED) is 0.449. The number of benzene rings is 2. The zero-order valence-electron chi connectivity index (χ0n) is 18.3. The molecule has 2 atom stereocenters. The first-order valence-electron chi connectivity index (χ1n) is 10.9. The van der Waals surface area contributed by atoms with Gasteiger partial charge in [0.05, 0.1) is 18.3 Å². The van der Waals surface area contributed by atoms with Gasteiger partial charge in [0.25, 0.3) is 0 Å². The van der Waals surface area contributed by atoms with Crippen LogP contribution in [0.25, 0.3) is 0 Å². The van der Waals surface area contributed by atoms with Crippen LogP contribution >= 0.6 is 0 Å². The van der Waals surface area contributed by atoms with Crippen molar-refractivity contribution in [3.05, 3.63) is 95.0 Å². The fraction of sp³-hybridized carbons (Fsp3) is 0.346. The van der Waals surface area contributed by atoms with Crippen LogP contribution in [0.1, 0.15) is 43.4 Å². The predicted molar refractivity (Wildman–Crippen MR) is 122 cm³/mol. The Morgan fingerprint density at radius 3 is 2.69 bits per heavy atom. The van der Waals surface area contributed by atoms with E-state index >= 15 is 0 Å². The van der Waals surface area contributed by atoms with Gasteiger partial charge in [-0.25, -0.2) is 9.18 Å². The van der Waals surface area contributed by atoms with E-state index in [1.165, 1.54) is 12.1 Å². The van der Waals surface area contributed by atoms with Crippen molar-refractivity contribution >= 4 is 5.97 Å². The van der Waals surface area contributed by atoms with Gasteiger partial charge < -0.3 is 20.3 Å². The van der Waals surface area contributed by atoms with Crippen molar-refractivity contribution < 1.29 is 24.1 Å². The molecule has 0 spiro atoms. The van der Waals surface area contributed by atoms with E-state index in [4.69, 9.17) is 4.74 Å². The van der Waals surface area contributed by atoms with E-state index in [1.54, 1.807) is 18.2 Å². The normalized spacial score (nSPS) is 19.1. The van der Waals surface area contributed by atoms with Gasteiger partial charge >= 0.3 is 5.97 Å². The molecule has 5 nitrogen and oxygen atoms in total. The van der Waals surface area contributed by atoms with Crippen molar-refractivity contribution in [3.63, 3.8) is 0 Å². The molecular weight excluding hydrogens is 409 g/mol. The summed E-state index contributed by atoms with van der Waals surface area (Å²) in [5, 5.41) is 23.2. The number of halogens is 1. The van der Waals surface area contributed by atoms with Crippen LogP contribution in [0, 0.1) is 5.82 Å². The molecule has 0 fully saturated rings. The lowest BCUT2D eigenvalue weighted by Gasteiger charge is -2.35. The second-order valence-corrected chi connectivity index (χ2v) is 8.05. The standard InChI is InChI=1S/C26H30FNO4/c1-2-15-32-24-17-26(12-11-22(24)25(30)31,20-8-4-3-5-9-20)13-14-28-18-23(29)19-7-6-10-21(27)16-19/h3-12,16,23,28-29H,2,13-15,17-18H2,1H3,(H,30,31)/t23-,26?/m0/s1. The molecule has 2 aromatic carbocycles. The number of aliphatic carboxylic acids is 1. The van der Waals surface area contributed by atoms with E-state index in [2.05, 4.69) is 5.32 Å². The van der Waals surface area contributed by atoms with Crippen molar-refractivity contribution in [2.75, 3.05) is 19.7 Å². The summed E-state index contributed by atoms with van der Waals surface area (Å²) in [6.45, 7) is 3.31. The van der Waals surface area contributed by atoms with Gasteiger partial charge in [0.1, 0.15) is 11.6 Å². The molecule has 1 unspecified atom stereocenters. The highest BCUT2D eigenvalue weighted by Gasteiger charge is 2.35. The van der Waals surface area contributed by atoms with E-state index in [9.17, 15) is 19.4 Å². The number of hydrogen-bond donors (Lipinski definition) is 3. The van der Waals surface area contributed by atoms with E-state index in [0.717, 1.165) is 12.0 Å². The highest BCUT2D eigenvalue weighted by atomic mass is 19.1. The van der Waals surface area contributed by atoms with Gasteiger partial charge in [-0.3, -0.25) is 0 Å². The number of nitrogens with one attached hydrogen (secondary N) is 1. The van der Waals surface area contributed by atoms with Crippen LogP contribution in [-0.2, 0) is 14.9 Å². The Morgan fingerprint density at radius 2 is 2.00 bits per heavy atom. The highest BCUT2D eigenvalue weighted by Crippen LogP contribution is 2.40. The molecular formula is C26H30FNO4. The number of rotatable bonds is 11. The smallest absolute Gasteiger partial charge is 0.339 e. The molecule has 0 amide bonds. The molecule has 32 heavy (non-hydrogen) atoms. The predicted octanol–water partition coefficient (Wildman–Crippen LogP) is 4.50. The number of ether oxygens (including phenoxy) is 1. The van der Waals surface area contributed by atoms with Crippen molar-refractivity contribution in [1.82, 2.24) is 5.32 Å². The Kier molecular flexibility index (Phi) is 8.20. The van der Waals surface area contributed by atoms with Gasteiger partial charge in [0.15, 0.2) is 0 Å². The van der Waals surface area contributed by atoms with Crippen molar-refractivity contribution in [3.8, 4) is 0 Å². The second-order valence-electron chi connectivity index (χ2n) is 8.05. The summed E-state index contributed by atoms with van der Waals surface area (Å²) in [5.41, 5.74) is 1.36. The SMILES string of the molecule is CCCOC1=C(C(=O)O)C=CC(CCNC[C@H](O)c2cccc(F)c2)(c2ccccc2)C1. The van der Waals surface area contributed by atoms with E-state index in [-0.39, 0.29) is 17.9 Å². The van der Waals surface area contributed by atoms with Gasteiger partial charge in [0.2, 0.25) is 0 Å². The molecule has 0 saturated carbocycles. The summed E-state index contributed by atoms with van der Waals surface area (Å²) < 4.78 is 19.3. The third kappa shape index (κ3) is 5.84. The number of aliphatic hydroxyl groups is 1. The van der Waals surface area contributed by atoms with E-state index < -0.39 is 17.5 Å². The molecule has 0 radical (unpaired) electrons. The lowest BCUT2D eigenvalue weighted by molar-refractivity contribution is -0.132. The van der Waals surface area contributed by atoms with Gasteiger partial charge in [0, 0.05) is 18.4 Å². The summed E-state index contributed by atoms with van der Waals surface area (Å²) in [4.78, 5) is 11.7. The number of carboxylic acids is 1. The maximum absolute atomic E-state index is 13.4. The topological polar surface area (TPSA) is 78.8 Å². The average Bonchev–Trinajstić information content (AvgIpc) is 2.80. The Morgan fingerprint density at radius 1 is 1.22 bits per heavy atom. The molecule has 1 aliphatic rings. The van der Waals surface area contributed by atoms with Gasteiger partial charge in [-0.2, -0.15) is 0 Å². The number of allylic oxidation sites excluding steroid dienone is 2. The fourth-order valence-corrected chi connectivity index (χ4v) is 3.99. The first-order chi connectivity index (χ1) is 15.4. The van der Waals surface area contributed by atoms with Crippen LogP contribution in [0.2, 0.25) is 0 Å². The molecule has 3 N–H and O–H groups in total. The van der Waals surface area contributed by atoms with Gasteiger partial charge in [-0.15, -0.1) is 0 Å². The monoisotopic (exact) mass is 439 g/mol. The summed E-state index contributed by atoms with van der Waals surface area (Å²) in [7, 11) is 0. The number of hydrogen-bond acceptors (Lipinski definition) is 4. The number of carboxylic acid groups (broad SMARTS) is 1. The van der Waals surface area contributed by atoms with Crippen molar-refractivity contribution in [2.45, 2.75) is 37.7 Å². The van der Waals surface area contributed by atoms with Crippen LogP contribution in [0.5, 0.6) is 0 Å². The molecule has 6 heteroatoms. The third-order valence-electron chi connectivity index (χ3n) is 5.72. The summed E-state index contributed by atoms with van der Waals surface area (Å²) >= 11 is 0. The lowest BCUT2D eigenvalue weighted by Crippen LogP contribution is -2.34. The van der Waals surface area contributed by atoms with Crippen LogP contribution in [0.3, 0.4) is 0 Å². The van der Waals surface area contributed by atoms with Crippen molar-refractivity contribution in [1.29, 1.82) is 0 Å². The minimum atomic E-state index is -0.995. The van der Waals surface area contributed by atoms with Gasteiger partial charge in [-0.1, -0.05) is 55.5 Å². The third-order valence-corrected chi connectivity index (χ3v) is 5.72. The maximum atomic E-state index is 13.4. The molecule has 1 aliphatic carbocycles. The molecule has 0 saturated heterocycles. The second kappa shape index (κ2) is 11.1. The first-order valence-corrected chi connectivity index (χ1v) is 10.9. The van der Waals surface area contributed by atoms with Crippen LogP contribution in [0.4, 0.5) is 4.39 Å². The average molecular weight is 440 g/mol. The van der Waals surface area contributed by atoms with E-state index in [1.807, 2.05) is 43.3 Å². The largest absolute Gasteiger partial charge is 0.497 e. The Labute approximate surface area is 188 Å². The summed E-state index contributed by atoms with van der Waals surface area (Å²) in [6, 6.07) is 15.9. The van der Waals surface area contributed by atoms with Crippen molar-refractivity contribution in [2.24, 2.45) is 0 Å². The lowest BCUT2D eigenvalue weighted by atomic mass is 9.71.